The number of rotatable bonds is 3. The first-order chi connectivity index (χ1) is 10.7. The fraction of sp³-hybridized carbons (Fsp3) is 0.312. The average molecular weight is 295 g/mol. The molecule has 0 amide bonds. The fourth-order valence-corrected chi connectivity index (χ4v) is 2.73. The van der Waals surface area contributed by atoms with Crippen LogP contribution in [0.15, 0.2) is 24.3 Å². The van der Waals surface area contributed by atoms with Crippen molar-refractivity contribution >= 4 is 11.8 Å². The number of nitriles is 1. The third kappa shape index (κ3) is 2.79. The third-order valence-corrected chi connectivity index (χ3v) is 3.78. The Morgan fingerprint density at radius 3 is 2.68 bits per heavy atom. The molecule has 6 heteroatoms. The maximum atomic E-state index is 9.27. The predicted octanol–water partition coefficient (Wildman–Crippen LogP) is 2.50. The maximum Gasteiger partial charge on any atom is 0.222 e. The van der Waals surface area contributed by atoms with Gasteiger partial charge in [-0.15, -0.1) is 0 Å². The van der Waals surface area contributed by atoms with E-state index in [-0.39, 0.29) is 23.4 Å². The van der Waals surface area contributed by atoms with E-state index in [9.17, 15) is 5.26 Å². The number of aromatic nitrogens is 2. The lowest BCUT2D eigenvalue weighted by atomic mass is 10.1. The highest BCUT2D eigenvalue weighted by molar-refractivity contribution is 5.73. The molecule has 3 rings (SSSR count). The second kappa shape index (κ2) is 5.90. The topological polar surface area (TPSA) is 111 Å². The van der Waals surface area contributed by atoms with Crippen LogP contribution >= 0.6 is 0 Å². The zero-order chi connectivity index (χ0) is 15.5. The number of hydrogen-bond donors (Lipinski definition) is 2. The van der Waals surface area contributed by atoms with Crippen LogP contribution in [0.5, 0.6) is 5.75 Å². The van der Waals surface area contributed by atoms with Crippen LogP contribution in [0.3, 0.4) is 0 Å². The van der Waals surface area contributed by atoms with Gasteiger partial charge in [0, 0.05) is 5.56 Å². The molecular formula is C16H17N5O. The molecule has 0 spiro atoms. The first-order valence-electron chi connectivity index (χ1n) is 7.27. The van der Waals surface area contributed by atoms with Crippen molar-refractivity contribution in [2.45, 2.75) is 31.8 Å². The lowest BCUT2D eigenvalue weighted by Gasteiger charge is -2.14. The van der Waals surface area contributed by atoms with Crippen LogP contribution in [-0.4, -0.2) is 16.1 Å². The van der Waals surface area contributed by atoms with E-state index < -0.39 is 0 Å². The van der Waals surface area contributed by atoms with Gasteiger partial charge in [-0.3, -0.25) is 0 Å². The molecule has 0 unspecified atom stereocenters. The number of benzene rings is 1. The van der Waals surface area contributed by atoms with Crippen LogP contribution in [-0.2, 0) is 0 Å². The van der Waals surface area contributed by atoms with Crippen molar-refractivity contribution in [2.75, 3.05) is 11.5 Å². The first-order valence-corrected chi connectivity index (χ1v) is 7.27. The number of anilines is 2. The summed E-state index contributed by atoms with van der Waals surface area (Å²) >= 11 is 0. The zero-order valence-corrected chi connectivity index (χ0v) is 12.1. The minimum Gasteiger partial charge on any atom is -0.490 e. The summed E-state index contributed by atoms with van der Waals surface area (Å²) in [4.78, 5) is 7.98. The predicted molar refractivity (Wildman–Crippen MR) is 83.9 cm³/mol. The van der Waals surface area contributed by atoms with Crippen molar-refractivity contribution in [1.82, 2.24) is 9.97 Å². The molecule has 2 aromatic rings. The molecule has 0 atom stereocenters. The summed E-state index contributed by atoms with van der Waals surface area (Å²) in [7, 11) is 0. The lowest BCUT2D eigenvalue weighted by Crippen LogP contribution is -2.10. The standard InChI is InChI=1S/C16H17N5O/c17-9-13-14(20-16(19)21-15(13)18)10-4-3-7-12(8-10)22-11-5-1-2-6-11/h3-4,7-8,11H,1-2,5-6H2,(H4,18,19,20,21). The minimum atomic E-state index is 0.0496. The van der Waals surface area contributed by atoms with Crippen LogP contribution < -0.4 is 16.2 Å². The molecule has 112 valence electrons. The van der Waals surface area contributed by atoms with Gasteiger partial charge in [-0.25, -0.2) is 4.98 Å². The van der Waals surface area contributed by atoms with Crippen molar-refractivity contribution in [1.29, 1.82) is 5.26 Å². The largest absolute Gasteiger partial charge is 0.490 e. The molecule has 0 bridgehead atoms. The van der Waals surface area contributed by atoms with Gasteiger partial charge in [-0.2, -0.15) is 10.2 Å². The monoisotopic (exact) mass is 295 g/mol. The number of nitrogens with two attached hydrogens (primary N) is 2. The SMILES string of the molecule is N#Cc1c(N)nc(N)nc1-c1cccc(OC2CCCC2)c1. The van der Waals surface area contributed by atoms with Gasteiger partial charge < -0.3 is 16.2 Å². The van der Waals surface area contributed by atoms with Crippen molar-refractivity contribution in [2.24, 2.45) is 0 Å². The van der Waals surface area contributed by atoms with Crippen molar-refractivity contribution in [3.05, 3.63) is 29.8 Å². The van der Waals surface area contributed by atoms with Crippen LogP contribution in [0, 0.1) is 11.3 Å². The molecule has 0 aliphatic heterocycles. The molecule has 1 aromatic heterocycles. The summed E-state index contributed by atoms with van der Waals surface area (Å²) in [5.41, 5.74) is 12.8. The summed E-state index contributed by atoms with van der Waals surface area (Å²) in [5, 5.41) is 9.27. The maximum absolute atomic E-state index is 9.27. The van der Waals surface area contributed by atoms with E-state index >= 15 is 0 Å². The number of nitrogen functional groups attached to an aromatic ring is 2. The van der Waals surface area contributed by atoms with Gasteiger partial charge in [0.1, 0.15) is 23.2 Å². The molecule has 1 heterocycles. The van der Waals surface area contributed by atoms with Gasteiger partial charge >= 0.3 is 0 Å². The molecule has 22 heavy (non-hydrogen) atoms. The first kappa shape index (κ1) is 14.1. The fourth-order valence-electron chi connectivity index (χ4n) is 2.73. The normalized spacial score (nSPS) is 14.7. The van der Waals surface area contributed by atoms with Crippen molar-refractivity contribution in [3.8, 4) is 23.1 Å². The van der Waals surface area contributed by atoms with E-state index in [1.165, 1.54) is 12.8 Å². The summed E-state index contributed by atoms with van der Waals surface area (Å²) in [6.45, 7) is 0. The van der Waals surface area contributed by atoms with Crippen LogP contribution in [0.1, 0.15) is 31.2 Å². The summed E-state index contributed by atoms with van der Waals surface area (Å²) in [6.07, 6.45) is 4.86. The molecule has 0 saturated heterocycles. The highest BCUT2D eigenvalue weighted by Crippen LogP contribution is 2.30. The van der Waals surface area contributed by atoms with Crippen molar-refractivity contribution < 1.29 is 4.74 Å². The summed E-state index contributed by atoms with van der Waals surface area (Å²) in [6, 6.07) is 9.52. The van der Waals surface area contributed by atoms with Gasteiger partial charge in [-0.1, -0.05) is 12.1 Å². The highest BCUT2D eigenvalue weighted by atomic mass is 16.5. The van der Waals surface area contributed by atoms with E-state index in [4.69, 9.17) is 16.2 Å². The van der Waals surface area contributed by atoms with E-state index in [2.05, 4.69) is 9.97 Å². The second-order valence-corrected chi connectivity index (χ2v) is 5.35. The highest BCUT2D eigenvalue weighted by Gasteiger charge is 2.18. The Bertz CT molecular complexity index is 732. The Hall–Kier alpha value is -2.81. The number of ether oxygens (including phenoxy) is 1. The van der Waals surface area contributed by atoms with Gasteiger partial charge in [-0.05, 0) is 37.8 Å². The quantitative estimate of drug-likeness (QED) is 0.900. The summed E-state index contributed by atoms with van der Waals surface area (Å²) < 4.78 is 5.98. The van der Waals surface area contributed by atoms with Crippen LogP contribution in [0.25, 0.3) is 11.3 Å². The molecule has 1 fully saturated rings. The molecule has 0 radical (unpaired) electrons. The Labute approximate surface area is 128 Å². The van der Waals surface area contributed by atoms with Gasteiger partial charge in [0.25, 0.3) is 0 Å². The Morgan fingerprint density at radius 1 is 1.18 bits per heavy atom. The Kier molecular flexibility index (Phi) is 3.79. The van der Waals surface area contributed by atoms with Crippen LogP contribution in [0.2, 0.25) is 0 Å². The molecule has 6 nitrogen and oxygen atoms in total. The van der Waals surface area contributed by atoms with Crippen molar-refractivity contribution in [3.63, 3.8) is 0 Å². The number of nitrogens with zero attached hydrogens (tertiary/aromatic N) is 3. The Balaban J connectivity index is 1.97. The third-order valence-electron chi connectivity index (χ3n) is 3.78. The molecule has 1 aliphatic carbocycles. The van der Waals surface area contributed by atoms with Gasteiger partial charge in [0.15, 0.2) is 0 Å². The zero-order valence-electron chi connectivity index (χ0n) is 12.1. The lowest BCUT2D eigenvalue weighted by molar-refractivity contribution is 0.210. The summed E-state index contributed by atoms with van der Waals surface area (Å²) in [5.74, 6) is 0.907. The van der Waals surface area contributed by atoms with Gasteiger partial charge in [0.05, 0.1) is 11.8 Å². The van der Waals surface area contributed by atoms with E-state index in [0.717, 1.165) is 24.2 Å². The van der Waals surface area contributed by atoms with E-state index in [0.29, 0.717) is 5.69 Å². The second-order valence-electron chi connectivity index (χ2n) is 5.35. The van der Waals surface area contributed by atoms with E-state index in [1.54, 1.807) is 0 Å². The number of hydrogen-bond acceptors (Lipinski definition) is 6. The minimum absolute atomic E-state index is 0.0496. The van der Waals surface area contributed by atoms with Gasteiger partial charge in [0.2, 0.25) is 5.95 Å². The van der Waals surface area contributed by atoms with E-state index in [1.807, 2.05) is 30.3 Å². The molecule has 1 aliphatic rings. The molecular weight excluding hydrogens is 278 g/mol. The Morgan fingerprint density at radius 2 is 1.95 bits per heavy atom. The molecule has 1 aromatic carbocycles. The molecule has 4 N–H and O–H groups in total. The average Bonchev–Trinajstić information content (AvgIpc) is 3.00. The molecule has 1 saturated carbocycles. The smallest absolute Gasteiger partial charge is 0.222 e. The van der Waals surface area contributed by atoms with Crippen LogP contribution in [0.4, 0.5) is 11.8 Å².